The lowest BCUT2D eigenvalue weighted by molar-refractivity contribution is 0.119. The van der Waals surface area contributed by atoms with E-state index in [9.17, 15) is 0 Å². The second-order valence-electron chi connectivity index (χ2n) is 4.75. The predicted octanol–water partition coefficient (Wildman–Crippen LogP) is 4.06. The van der Waals surface area contributed by atoms with Gasteiger partial charge >= 0.3 is 0 Å². The number of halogens is 2. The van der Waals surface area contributed by atoms with E-state index in [1.54, 1.807) is 14.2 Å². The van der Waals surface area contributed by atoms with E-state index in [1.807, 2.05) is 12.1 Å². The van der Waals surface area contributed by atoms with Crippen LogP contribution in [0.2, 0.25) is 5.02 Å². The lowest BCUT2D eigenvalue weighted by atomic mass is 9.95. The van der Waals surface area contributed by atoms with E-state index in [1.165, 1.54) is 0 Å². The van der Waals surface area contributed by atoms with E-state index in [-0.39, 0.29) is 17.4 Å². The van der Waals surface area contributed by atoms with Gasteiger partial charge in [0.1, 0.15) is 16.5 Å². The molecule has 0 aliphatic carbocycles. The van der Waals surface area contributed by atoms with Crippen LogP contribution < -0.4 is 9.47 Å². The summed E-state index contributed by atoms with van der Waals surface area (Å²) in [5, 5.41) is 0.281. The topological polar surface area (TPSA) is 27.7 Å². The zero-order chi connectivity index (χ0) is 14.0. The molecule has 1 fully saturated rings. The van der Waals surface area contributed by atoms with Crippen molar-refractivity contribution in [2.75, 3.05) is 20.8 Å². The van der Waals surface area contributed by atoms with E-state index in [0.717, 1.165) is 12.0 Å². The molecule has 1 heterocycles. The van der Waals surface area contributed by atoms with Gasteiger partial charge in [0.2, 0.25) is 0 Å². The van der Waals surface area contributed by atoms with Crippen LogP contribution in [0, 0.1) is 5.92 Å². The maximum absolute atomic E-state index is 6.57. The average Bonchev–Trinajstić information content (AvgIpc) is 2.84. The molecule has 3 atom stereocenters. The molecule has 0 bridgehead atoms. The van der Waals surface area contributed by atoms with Gasteiger partial charge in [-0.05, 0) is 19.4 Å². The Kier molecular flexibility index (Phi) is 4.82. The molecule has 3 unspecified atom stereocenters. The quantitative estimate of drug-likeness (QED) is 0.785. The number of hydrogen-bond acceptors (Lipinski definition) is 3. The minimum absolute atomic E-state index is 0.177. The van der Waals surface area contributed by atoms with E-state index in [4.69, 9.17) is 37.4 Å². The standard InChI is InChI=1S/C14H18Cl2O3/c1-8-6-9(7-19-8)12(15)10-4-5-11(17-2)13(16)14(10)18-3/h4-5,8-9,12H,6-7H2,1-3H3. The molecule has 0 saturated carbocycles. The Morgan fingerprint density at radius 3 is 2.58 bits per heavy atom. The van der Waals surface area contributed by atoms with Crippen LogP contribution in [-0.4, -0.2) is 26.9 Å². The van der Waals surface area contributed by atoms with Crippen molar-refractivity contribution in [3.63, 3.8) is 0 Å². The Bertz CT molecular complexity index is 451. The van der Waals surface area contributed by atoms with Crippen LogP contribution in [0.15, 0.2) is 12.1 Å². The highest BCUT2D eigenvalue weighted by molar-refractivity contribution is 6.34. The van der Waals surface area contributed by atoms with Crippen LogP contribution in [-0.2, 0) is 4.74 Å². The summed E-state index contributed by atoms with van der Waals surface area (Å²) in [5.74, 6) is 1.44. The Morgan fingerprint density at radius 2 is 2.05 bits per heavy atom. The fourth-order valence-corrected chi connectivity index (χ4v) is 3.12. The zero-order valence-electron chi connectivity index (χ0n) is 11.3. The van der Waals surface area contributed by atoms with Crippen molar-refractivity contribution < 1.29 is 14.2 Å². The monoisotopic (exact) mass is 304 g/mol. The first kappa shape index (κ1) is 14.8. The minimum Gasteiger partial charge on any atom is -0.495 e. The van der Waals surface area contributed by atoms with Crippen molar-refractivity contribution in [1.82, 2.24) is 0 Å². The molecule has 0 spiro atoms. The second kappa shape index (κ2) is 6.21. The lowest BCUT2D eigenvalue weighted by Crippen LogP contribution is -2.09. The van der Waals surface area contributed by atoms with Gasteiger partial charge in [-0.3, -0.25) is 0 Å². The smallest absolute Gasteiger partial charge is 0.145 e. The van der Waals surface area contributed by atoms with E-state index in [0.29, 0.717) is 23.1 Å². The summed E-state index contributed by atoms with van der Waals surface area (Å²) in [6.45, 7) is 2.73. The maximum Gasteiger partial charge on any atom is 0.145 e. The van der Waals surface area contributed by atoms with Gasteiger partial charge in [-0.1, -0.05) is 17.7 Å². The van der Waals surface area contributed by atoms with Gasteiger partial charge in [0.25, 0.3) is 0 Å². The molecule has 1 aliphatic rings. The molecule has 1 saturated heterocycles. The molecule has 19 heavy (non-hydrogen) atoms. The Balaban J connectivity index is 2.31. The summed E-state index contributed by atoms with van der Waals surface area (Å²) in [7, 11) is 3.16. The number of rotatable bonds is 4. The van der Waals surface area contributed by atoms with Crippen LogP contribution in [0.5, 0.6) is 11.5 Å². The van der Waals surface area contributed by atoms with Crippen LogP contribution in [0.3, 0.4) is 0 Å². The normalized spacial score (nSPS) is 24.3. The van der Waals surface area contributed by atoms with E-state index < -0.39 is 0 Å². The largest absolute Gasteiger partial charge is 0.495 e. The molecular formula is C14H18Cl2O3. The highest BCUT2D eigenvalue weighted by Crippen LogP contribution is 2.45. The van der Waals surface area contributed by atoms with Crippen molar-refractivity contribution in [2.24, 2.45) is 5.92 Å². The average molecular weight is 305 g/mol. The molecule has 106 valence electrons. The highest BCUT2D eigenvalue weighted by atomic mass is 35.5. The molecule has 0 aromatic heterocycles. The summed E-state index contributed by atoms with van der Waals surface area (Å²) in [6.07, 6.45) is 1.20. The van der Waals surface area contributed by atoms with Gasteiger partial charge < -0.3 is 14.2 Å². The molecule has 0 amide bonds. The number of methoxy groups -OCH3 is 2. The van der Waals surface area contributed by atoms with Crippen LogP contribution in [0.1, 0.15) is 24.3 Å². The first-order valence-electron chi connectivity index (χ1n) is 6.24. The fraction of sp³-hybridized carbons (Fsp3) is 0.571. The molecule has 2 rings (SSSR count). The third-order valence-electron chi connectivity index (χ3n) is 3.46. The van der Waals surface area contributed by atoms with Gasteiger partial charge in [-0.2, -0.15) is 0 Å². The van der Waals surface area contributed by atoms with Gasteiger partial charge in [0.05, 0.1) is 32.3 Å². The van der Waals surface area contributed by atoms with Gasteiger partial charge in [0, 0.05) is 11.5 Å². The molecule has 3 nitrogen and oxygen atoms in total. The molecule has 1 aromatic carbocycles. The van der Waals surface area contributed by atoms with Crippen molar-refractivity contribution >= 4 is 23.2 Å². The molecule has 0 radical (unpaired) electrons. The Morgan fingerprint density at radius 1 is 1.32 bits per heavy atom. The number of ether oxygens (including phenoxy) is 3. The van der Waals surface area contributed by atoms with Crippen molar-refractivity contribution in [2.45, 2.75) is 24.8 Å². The first-order chi connectivity index (χ1) is 9.08. The van der Waals surface area contributed by atoms with Crippen molar-refractivity contribution in [3.8, 4) is 11.5 Å². The summed E-state index contributed by atoms with van der Waals surface area (Å²) >= 11 is 12.8. The number of benzene rings is 1. The second-order valence-corrected chi connectivity index (χ2v) is 5.59. The summed E-state index contributed by atoms with van der Waals surface area (Å²) in [6, 6.07) is 3.72. The van der Waals surface area contributed by atoms with Gasteiger partial charge in [-0.15, -0.1) is 11.6 Å². The Hall–Kier alpha value is -0.640. The predicted molar refractivity (Wildman–Crippen MR) is 76.7 cm³/mol. The molecule has 0 N–H and O–H groups in total. The van der Waals surface area contributed by atoms with Crippen molar-refractivity contribution in [3.05, 3.63) is 22.7 Å². The van der Waals surface area contributed by atoms with E-state index >= 15 is 0 Å². The van der Waals surface area contributed by atoms with Crippen molar-refractivity contribution in [1.29, 1.82) is 0 Å². The molecular weight excluding hydrogens is 287 g/mol. The summed E-state index contributed by atoms with van der Waals surface area (Å²) in [5.41, 5.74) is 0.887. The summed E-state index contributed by atoms with van der Waals surface area (Å²) in [4.78, 5) is 0. The molecule has 1 aliphatic heterocycles. The zero-order valence-corrected chi connectivity index (χ0v) is 12.8. The highest BCUT2D eigenvalue weighted by Gasteiger charge is 2.32. The maximum atomic E-state index is 6.57. The SMILES string of the molecule is COc1ccc(C(Cl)C2COC(C)C2)c(OC)c1Cl. The lowest BCUT2D eigenvalue weighted by Gasteiger charge is -2.20. The van der Waals surface area contributed by atoms with E-state index in [2.05, 4.69) is 6.92 Å². The first-order valence-corrected chi connectivity index (χ1v) is 7.06. The molecule has 1 aromatic rings. The summed E-state index contributed by atoms with van der Waals surface area (Å²) < 4.78 is 16.1. The number of hydrogen-bond donors (Lipinski definition) is 0. The van der Waals surface area contributed by atoms with Crippen LogP contribution in [0.25, 0.3) is 0 Å². The third kappa shape index (κ3) is 2.93. The van der Waals surface area contributed by atoms with Gasteiger partial charge in [-0.25, -0.2) is 0 Å². The van der Waals surface area contributed by atoms with Gasteiger partial charge in [0.15, 0.2) is 0 Å². The number of alkyl halides is 1. The Labute approximate surface area is 123 Å². The minimum atomic E-state index is -0.177. The fourth-order valence-electron chi connectivity index (χ4n) is 2.44. The third-order valence-corrected chi connectivity index (χ3v) is 4.41. The van der Waals surface area contributed by atoms with Crippen LogP contribution >= 0.6 is 23.2 Å². The molecule has 5 heteroatoms. The van der Waals surface area contributed by atoms with Crippen LogP contribution in [0.4, 0.5) is 0 Å².